The molecule has 136 valence electrons. The molecule has 8 nitrogen and oxygen atoms in total. The molecular weight excluding hydrogens is 318 g/mol. The molecule has 2 N–H and O–H groups in total. The summed E-state index contributed by atoms with van der Waals surface area (Å²) < 4.78 is 9.83. The fourth-order valence-electron chi connectivity index (χ4n) is 3.27. The number of aliphatic hydroxyl groups is 2. The first-order valence-corrected chi connectivity index (χ1v) is 8.00. The fraction of sp³-hybridized carbons (Fsp3) is 0.812. The topological polar surface area (TPSA) is 113 Å². The van der Waals surface area contributed by atoms with Crippen molar-refractivity contribution in [2.24, 2.45) is 17.3 Å². The number of β-lactam (4-membered cyclic amide) rings is 1. The van der Waals surface area contributed by atoms with E-state index >= 15 is 0 Å². The van der Waals surface area contributed by atoms with Crippen LogP contribution in [-0.2, 0) is 23.9 Å². The van der Waals surface area contributed by atoms with Gasteiger partial charge >= 0.3 is 11.9 Å². The maximum atomic E-state index is 12.3. The Morgan fingerprint density at radius 2 is 1.88 bits per heavy atom. The van der Waals surface area contributed by atoms with E-state index in [9.17, 15) is 24.6 Å². The fourth-order valence-corrected chi connectivity index (χ4v) is 3.27. The van der Waals surface area contributed by atoms with E-state index in [0.717, 1.165) is 0 Å². The Bertz CT molecular complexity index is 539. The zero-order valence-electron chi connectivity index (χ0n) is 14.6. The minimum absolute atomic E-state index is 0.382. The van der Waals surface area contributed by atoms with Crippen LogP contribution >= 0.6 is 0 Å². The first kappa shape index (κ1) is 18.7. The second kappa shape index (κ2) is 6.33. The minimum atomic E-state index is -0.944. The number of aliphatic hydroxyl groups excluding tert-OH is 2. The van der Waals surface area contributed by atoms with E-state index in [1.807, 2.05) is 0 Å². The second-order valence-corrected chi connectivity index (χ2v) is 7.56. The third-order valence-electron chi connectivity index (χ3n) is 4.68. The van der Waals surface area contributed by atoms with Crippen molar-refractivity contribution in [2.45, 2.75) is 58.9 Å². The molecule has 24 heavy (non-hydrogen) atoms. The van der Waals surface area contributed by atoms with Crippen LogP contribution in [0.5, 0.6) is 0 Å². The lowest BCUT2D eigenvalue weighted by molar-refractivity contribution is -0.184. The van der Waals surface area contributed by atoms with Gasteiger partial charge in [0.25, 0.3) is 0 Å². The second-order valence-electron chi connectivity index (χ2n) is 7.56. The molecule has 0 aromatic carbocycles. The molecule has 0 aliphatic carbocycles. The number of carbonyl (C=O) groups excluding carboxylic acids is 3. The Labute approximate surface area is 140 Å². The SMILES string of the molecule is CC1C(O)[C@@H]2[C@@H](C(C)O)C(=O)N2C1C(=O)OCOC(=O)C(C)(C)C. The smallest absolute Gasteiger partial charge is 0.332 e. The van der Waals surface area contributed by atoms with E-state index in [-0.39, 0.29) is 5.91 Å². The van der Waals surface area contributed by atoms with Crippen LogP contribution in [0.1, 0.15) is 34.6 Å². The summed E-state index contributed by atoms with van der Waals surface area (Å²) in [5, 5.41) is 19.9. The van der Waals surface area contributed by atoms with Gasteiger partial charge in [-0.05, 0) is 27.7 Å². The molecule has 2 heterocycles. The summed E-state index contributed by atoms with van der Waals surface area (Å²) >= 11 is 0. The highest BCUT2D eigenvalue weighted by Crippen LogP contribution is 2.44. The molecule has 2 saturated heterocycles. The molecular formula is C16H25NO7. The predicted octanol–water partition coefficient (Wildman–Crippen LogP) is -0.337. The average molecular weight is 343 g/mol. The highest BCUT2D eigenvalue weighted by atomic mass is 16.7. The zero-order valence-corrected chi connectivity index (χ0v) is 14.6. The van der Waals surface area contributed by atoms with E-state index in [4.69, 9.17) is 9.47 Å². The molecule has 8 heteroatoms. The Hall–Kier alpha value is -1.67. The van der Waals surface area contributed by atoms with Crippen LogP contribution < -0.4 is 0 Å². The Balaban J connectivity index is 1.98. The Morgan fingerprint density at radius 3 is 2.38 bits per heavy atom. The van der Waals surface area contributed by atoms with Crippen molar-refractivity contribution in [3.63, 3.8) is 0 Å². The number of esters is 2. The molecule has 0 bridgehead atoms. The first-order chi connectivity index (χ1) is 11.0. The standard InChI is InChI=1S/C16H25NO7/c1-7-10(14(21)23-6-24-15(22)16(3,4)5)17-11(12(7)19)9(8(2)18)13(17)20/h7-12,18-19H,6H2,1-5H3/t7?,8?,9-,10?,11+,12?/m1/s1. The van der Waals surface area contributed by atoms with Crippen LogP contribution in [0.2, 0.25) is 0 Å². The van der Waals surface area contributed by atoms with Gasteiger partial charge in [-0.3, -0.25) is 9.59 Å². The van der Waals surface area contributed by atoms with Gasteiger partial charge in [-0.25, -0.2) is 4.79 Å². The molecule has 1 amide bonds. The summed E-state index contributed by atoms with van der Waals surface area (Å²) in [5.74, 6) is -2.87. The van der Waals surface area contributed by atoms with Gasteiger partial charge < -0.3 is 24.6 Å². The van der Waals surface area contributed by atoms with Gasteiger partial charge in [0.15, 0.2) is 0 Å². The Kier molecular flexibility index (Phi) is 4.92. The van der Waals surface area contributed by atoms with E-state index in [2.05, 4.69) is 0 Å². The monoisotopic (exact) mass is 343 g/mol. The summed E-state index contributed by atoms with van der Waals surface area (Å²) in [7, 11) is 0. The largest absolute Gasteiger partial charge is 0.427 e. The normalized spacial score (nSPS) is 33.5. The number of rotatable bonds is 4. The molecule has 0 saturated carbocycles. The molecule has 0 aromatic heterocycles. The third kappa shape index (κ3) is 3.00. The highest BCUT2D eigenvalue weighted by Gasteiger charge is 2.64. The van der Waals surface area contributed by atoms with Crippen molar-refractivity contribution < 1.29 is 34.1 Å². The molecule has 0 aromatic rings. The average Bonchev–Trinajstić information content (AvgIpc) is 2.67. The van der Waals surface area contributed by atoms with Gasteiger partial charge in [0, 0.05) is 5.92 Å². The molecule has 2 rings (SSSR count). The van der Waals surface area contributed by atoms with E-state index in [1.165, 1.54) is 11.8 Å². The summed E-state index contributed by atoms with van der Waals surface area (Å²) in [4.78, 5) is 37.3. The maximum Gasteiger partial charge on any atom is 0.332 e. The van der Waals surface area contributed by atoms with Crippen molar-refractivity contribution in [3.05, 3.63) is 0 Å². The predicted molar refractivity (Wildman–Crippen MR) is 81.3 cm³/mol. The van der Waals surface area contributed by atoms with Gasteiger partial charge in [0.05, 0.1) is 29.6 Å². The van der Waals surface area contributed by atoms with E-state index < -0.39 is 60.3 Å². The summed E-state index contributed by atoms with van der Waals surface area (Å²) in [6, 6.07) is -1.54. The van der Waals surface area contributed by atoms with Crippen molar-refractivity contribution >= 4 is 17.8 Å². The number of fused-ring (bicyclic) bond motifs is 1. The molecule has 6 atom stereocenters. The highest BCUT2D eigenvalue weighted by molar-refractivity contribution is 5.93. The van der Waals surface area contributed by atoms with Gasteiger partial charge in [0.2, 0.25) is 12.7 Å². The molecule has 2 fully saturated rings. The number of hydrogen-bond donors (Lipinski definition) is 2. The number of ether oxygens (including phenoxy) is 2. The number of nitrogens with zero attached hydrogens (tertiary/aromatic N) is 1. The van der Waals surface area contributed by atoms with Gasteiger partial charge in [-0.15, -0.1) is 0 Å². The first-order valence-electron chi connectivity index (χ1n) is 8.00. The summed E-state index contributed by atoms with van der Waals surface area (Å²) in [6.07, 6.45) is -1.82. The van der Waals surface area contributed by atoms with E-state index in [1.54, 1.807) is 27.7 Å². The third-order valence-corrected chi connectivity index (χ3v) is 4.68. The van der Waals surface area contributed by atoms with E-state index in [0.29, 0.717) is 0 Å². The summed E-state index contributed by atoms with van der Waals surface area (Å²) in [5.41, 5.74) is -0.716. The van der Waals surface area contributed by atoms with Gasteiger partial charge in [-0.1, -0.05) is 6.92 Å². The van der Waals surface area contributed by atoms with Crippen molar-refractivity contribution in [3.8, 4) is 0 Å². The number of hydrogen-bond acceptors (Lipinski definition) is 7. The summed E-state index contributed by atoms with van der Waals surface area (Å²) in [6.45, 7) is 7.60. The molecule has 0 spiro atoms. The van der Waals surface area contributed by atoms with Gasteiger partial charge in [-0.2, -0.15) is 0 Å². The zero-order chi connectivity index (χ0) is 18.4. The van der Waals surface area contributed by atoms with Gasteiger partial charge in [0.1, 0.15) is 6.04 Å². The Morgan fingerprint density at radius 1 is 1.29 bits per heavy atom. The van der Waals surface area contributed by atoms with Crippen LogP contribution in [0.15, 0.2) is 0 Å². The van der Waals surface area contributed by atoms with Crippen molar-refractivity contribution in [1.82, 2.24) is 4.90 Å². The lowest BCUT2D eigenvalue weighted by Crippen LogP contribution is -2.66. The van der Waals surface area contributed by atoms with Crippen LogP contribution in [0.25, 0.3) is 0 Å². The molecule has 0 radical (unpaired) electrons. The lowest BCUT2D eigenvalue weighted by atomic mass is 9.82. The molecule has 2 aliphatic heterocycles. The van der Waals surface area contributed by atoms with Crippen LogP contribution in [-0.4, -0.2) is 64.0 Å². The van der Waals surface area contributed by atoms with Crippen LogP contribution in [0.3, 0.4) is 0 Å². The lowest BCUT2D eigenvalue weighted by Gasteiger charge is -2.46. The van der Waals surface area contributed by atoms with Crippen LogP contribution in [0.4, 0.5) is 0 Å². The molecule has 4 unspecified atom stereocenters. The maximum absolute atomic E-state index is 12.3. The molecule has 2 aliphatic rings. The minimum Gasteiger partial charge on any atom is -0.427 e. The number of carbonyl (C=O) groups is 3. The quantitative estimate of drug-likeness (QED) is 0.408. The van der Waals surface area contributed by atoms with Crippen molar-refractivity contribution in [2.75, 3.05) is 6.79 Å². The van der Waals surface area contributed by atoms with Crippen LogP contribution in [0, 0.1) is 17.3 Å². The number of amides is 1. The van der Waals surface area contributed by atoms with Crippen molar-refractivity contribution in [1.29, 1.82) is 0 Å².